The van der Waals surface area contributed by atoms with Crippen molar-refractivity contribution in [3.63, 3.8) is 0 Å². The first kappa shape index (κ1) is 29.8. The molecule has 3 amide bonds. The molecule has 0 radical (unpaired) electrons. The van der Waals surface area contributed by atoms with Crippen molar-refractivity contribution in [3.8, 4) is 5.75 Å². The van der Waals surface area contributed by atoms with Gasteiger partial charge in [0.15, 0.2) is 0 Å². The number of carbonyl (C=O) groups is 4. The Labute approximate surface area is 245 Å². The predicted octanol–water partition coefficient (Wildman–Crippen LogP) is 1.74. The molecule has 0 aromatic heterocycles. The van der Waals surface area contributed by atoms with E-state index in [1.165, 1.54) is 0 Å². The number of fused-ring (bicyclic) bond motifs is 2. The highest BCUT2D eigenvalue weighted by atomic mass is 16.6. The Balaban J connectivity index is 1.55. The molecule has 5 rings (SSSR count). The van der Waals surface area contributed by atoms with Gasteiger partial charge in [0.1, 0.15) is 29.4 Å². The molecule has 4 aliphatic rings. The largest absolute Gasteiger partial charge is 0.497 e. The number of anilines is 1. The van der Waals surface area contributed by atoms with E-state index in [1.807, 2.05) is 6.08 Å². The average Bonchev–Trinajstić information content (AvgIpc) is 3.36. The van der Waals surface area contributed by atoms with Crippen LogP contribution in [0.1, 0.15) is 39.0 Å². The Bertz CT molecular complexity index is 1250. The van der Waals surface area contributed by atoms with Crippen LogP contribution in [0.25, 0.3) is 0 Å². The monoisotopic (exact) mass is 581 g/mol. The van der Waals surface area contributed by atoms with E-state index in [0.29, 0.717) is 37.1 Å². The number of nitrogens with one attached hydrogen (secondary N) is 1. The minimum atomic E-state index is -1.39. The molecule has 0 bridgehead atoms. The van der Waals surface area contributed by atoms with Crippen molar-refractivity contribution < 1.29 is 38.5 Å². The van der Waals surface area contributed by atoms with E-state index < -0.39 is 41.7 Å². The second-order valence-electron chi connectivity index (χ2n) is 11.2. The van der Waals surface area contributed by atoms with Gasteiger partial charge in [0.2, 0.25) is 11.8 Å². The Morgan fingerprint density at radius 3 is 2.60 bits per heavy atom. The van der Waals surface area contributed by atoms with Gasteiger partial charge >= 0.3 is 5.97 Å². The molecule has 2 N–H and O–H groups in total. The van der Waals surface area contributed by atoms with Crippen molar-refractivity contribution in [1.82, 2.24) is 10.2 Å². The number of allylic oxidation sites excluding steroid dienone is 1. The van der Waals surface area contributed by atoms with Crippen LogP contribution in [0, 0.1) is 11.8 Å². The molecule has 11 nitrogen and oxygen atoms in total. The molecule has 11 heteroatoms. The fourth-order valence-electron chi connectivity index (χ4n) is 6.47. The highest BCUT2D eigenvalue weighted by molar-refractivity contribution is 6.05. The maximum absolute atomic E-state index is 14.4. The van der Waals surface area contributed by atoms with E-state index in [-0.39, 0.29) is 50.4 Å². The van der Waals surface area contributed by atoms with Gasteiger partial charge in [-0.1, -0.05) is 24.3 Å². The van der Waals surface area contributed by atoms with E-state index in [0.717, 1.165) is 0 Å². The summed E-state index contributed by atoms with van der Waals surface area (Å²) in [6, 6.07) is 6.13. The van der Waals surface area contributed by atoms with E-state index in [4.69, 9.17) is 14.2 Å². The molecule has 0 saturated carbocycles. The first-order valence-corrected chi connectivity index (χ1v) is 14.7. The number of aliphatic hydroxyl groups excluding tert-OH is 1. The molecule has 1 aromatic carbocycles. The normalized spacial score (nSPS) is 32.1. The third kappa shape index (κ3) is 5.55. The van der Waals surface area contributed by atoms with E-state index in [1.54, 1.807) is 66.3 Å². The van der Waals surface area contributed by atoms with Gasteiger partial charge in [-0.25, -0.2) is 0 Å². The number of likely N-dealkylation sites (tertiary alicyclic amines) is 1. The maximum Gasteiger partial charge on any atom is 0.313 e. The van der Waals surface area contributed by atoms with Gasteiger partial charge in [0, 0.05) is 31.8 Å². The van der Waals surface area contributed by atoms with E-state index >= 15 is 0 Å². The van der Waals surface area contributed by atoms with Crippen LogP contribution in [0.4, 0.5) is 5.69 Å². The number of amides is 3. The number of methoxy groups -OCH3 is 1. The van der Waals surface area contributed by atoms with Gasteiger partial charge in [-0.15, -0.1) is 0 Å². The van der Waals surface area contributed by atoms with Gasteiger partial charge < -0.3 is 34.4 Å². The third-order valence-corrected chi connectivity index (χ3v) is 8.48. The van der Waals surface area contributed by atoms with Crippen molar-refractivity contribution in [2.45, 2.75) is 62.9 Å². The highest BCUT2D eigenvalue weighted by Crippen LogP contribution is 2.53. The first-order chi connectivity index (χ1) is 20.3. The van der Waals surface area contributed by atoms with E-state index in [2.05, 4.69) is 5.32 Å². The quantitative estimate of drug-likeness (QED) is 0.283. The number of nitrogens with zero attached hydrogens (tertiary/aromatic N) is 2. The van der Waals surface area contributed by atoms with Crippen molar-refractivity contribution in [2.75, 3.05) is 38.3 Å². The number of ether oxygens (including phenoxy) is 3. The molecule has 0 aliphatic carbocycles. The van der Waals surface area contributed by atoms with Crippen molar-refractivity contribution in [3.05, 3.63) is 48.6 Å². The summed E-state index contributed by atoms with van der Waals surface area (Å²) < 4.78 is 17.7. The number of aliphatic hydroxyl groups is 1. The number of esters is 1. The number of hydrogen-bond acceptors (Lipinski definition) is 8. The number of unbranched alkanes of at least 4 members (excludes halogenated alkanes) is 2. The smallest absolute Gasteiger partial charge is 0.313 e. The average molecular weight is 582 g/mol. The summed E-state index contributed by atoms with van der Waals surface area (Å²) in [5.74, 6) is -2.67. The van der Waals surface area contributed by atoms with Crippen molar-refractivity contribution in [1.29, 1.82) is 0 Å². The first-order valence-electron chi connectivity index (χ1n) is 14.7. The van der Waals surface area contributed by atoms with Crippen LogP contribution in [0.2, 0.25) is 0 Å². The zero-order valence-electron chi connectivity index (χ0n) is 24.1. The molecule has 4 heterocycles. The molecule has 42 heavy (non-hydrogen) atoms. The molecule has 1 spiro atoms. The van der Waals surface area contributed by atoms with Crippen molar-refractivity contribution in [2.24, 2.45) is 11.8 Å². The zero-order valence-corrected chi connectivity index (χ0v) is 24.1. The van der Waals surface area contributed by atoms with Crippen LogP contribution in [-0.2, 0) is 28.7 Å². The molecule has 2 saturated heterocycles. The van der Waals surface area contributed by atoms with Crippen LogP contribution in [0.15, 0.2) is 48.6 Å². The molecular weight excluding hydrogens is 542 g/mol. The van der Waals surface area contributed by atoms with Gasteiger partial charge in [-0.2, -0.15) is 0 Å². The van der Waals surface area contributed by atoms with Crippen LogP contribution in [0.3, 0.4) is 0 Å². The summed E-state index contributed by atoms with van der Waals surface area (Å²) >= 11 is 0. The van der Waals surface area contributed by atoms with Gasteiger partial charge in [-0.3, -0.25) is 19.2 Å². The third-order valence-electron chi connectivity index (χ3n) is 8.48. The summed E-state index contributed by atoms with van der Waals surface area (Å²) in [7, 11) is 1.57. The minimum Gasteiger partial charge on any atom is -0.497 e. The van der Waals surface area contributed by atoms with Gasteiger partial charge in [-0.05, 0) is 56.9 Å². The molecule has 4 aliphatic heterocycles. The molecule has 2 fully saturated rings. The van der Waals surface area contributed by atoms with E-state index in [9.17, 15) is 24.3 Å². The number of benzene rings is 1. The van der Waals surface area contributed by atoms with Gasteiger partial charge in [0.25, 0.3) is 5.91 Å². The number of carbonyl (C=O) groups excluding carboxylic acids is 4. The summed E-state index contributed by atoms with van der Waals surface area (Å²) in [5, 5.41) is 12.0. The second-order valence-corrected chi connectivity index (χ2v) is 11.2. The Morgan fingerprint density at radius 2 is 1.86 bits per heavy atom. The number of cyclic esters (lactones) is 1. The molecule has 6 atom stereocenters. The van der Waals surface area contributed by atoms with Crippen LogP contribution in [-0.4, -0.2) is 90.9 Å². The number of rotatable bonds is 7. The lowest BCUT2D eigenvalue weighted by atomic mass is 9.78. The van der Waals surface area contributed by atoms with Crippen LogP contribution in [0.5, 0.6) is 5.75 Å². The lowest BCUT2D eigenvalue weighted by molar-refractivity contribution is -0.158. The minimum absolute atomic E-state index is 0.0422. The highest BCUT2D eigenvalue weighted by Gasteiger charge is 2.71. The second kappa shape index (κ2) is 12.7. The molecule has 1 aromatic rings. The fourth-order valence-corrected chi connectivity index (χ4v) is 6.47. The molecule has 0 unspecified atom stereocenters. The number of hydrogen-bond donors (Lipinski definition) is 2. The summed E-state index contributed by atoms with van der Waals surface area (Å²) in [5.41, 5.74) is -0.740. The Morgan fingerprint density at radius 1 is 1.07 bits per heavy atom. The summed E-state index contributed by atoms with van der Waals surface area (Å²) in [6.45, 7) is 2.43. The van der Waals surface area contributed by atoms with Gasteiger partial charge in [0.05, 0.1) is 25.7 Å². The maximum atomic E-state index is 14.4. The topological polar surface area (TPSA) is 135 Å². The lowest BCUT2D eigenvalue weighted by Gasteiger charge is -2.35. The summed E-state index contributed by atoms with van der Waals surface area (Å²) in [6.07, 6.45) is 8.24. The zero-order chi connectivity index (χ0) is 29.9. The van der Waals surface area contributed by atoms with Crippen LogP contribution >= 0.6 is 0 Å². The van der Waals surface area contributed by atoms with Crippen molar-refractivity contribution >= 4 is 29.4 Å². The fraction of sp³-hybridized carbons (Fsp3) is 0.548. The summed E-state index contributed by atoms with van der Waals surface area (Å²) in [4.78, 5) is 57.7. The Hall–Kier alpha value is -3.70. The molecular formula is C31H39N3O8. The Kier molecular flexibility index (Phi) is 8.98. The lowest BCUT2D eigenvalue weighted by Crippen LogP contribution is -2.55. The predicted molar refractivity (Wildman–Crippen MR) is 152 cm³/mol. The standard InChI is InChI=1S/C31H39N3O8/c1-20-19-32-24(36)10-5-4-9-23-25(30(39)41-20)26-28(37)34(16-6-3-7-18-35)27-29(38)33(17-8-15-31(26,27)42-23)21-11-13-22(40-2)14-12-21/h4,8-9,11-15,20,23,25-27,35H,3,5-7,10,16-19H2,1-2H3,(H,32,36)/b9-4-/t20-,23-,25+,26+,27-,31+/m0/s1. The van der Waals surface area contributed by atoms with Crippen LogP contribution < -0.4 is 15.0 Å². The SMILES string of the molecule is COc1ccc(N2CC=C[C@@]34O[C@H]5/C=C\CCC(=O)NC[C@H](C)OC(=O)[C@H]5[C@@H]3C(=O)N(CCCCCO)[C@H]4C2=O)cc1. The molecule has 226 valence electrons.